The first-order chi connectivity index (χ1) is 10.2. The third kappa shape index (κ3) is 6.49. The molecule has 1 heterocycles. The summed E-state index contributed by atoms with van der Waals surface area (Å²) in [6.45, 7) is 8.84. The molecule has 7 heteroatoms. The van der Waals surface area contributed by atoms with Gasteiger partial charge in [0.2, 0.25) is 0 Å². The van der Waals surface area contributed by atoms with Crippen molar-refractivity contribution in [1.82, 2.24) is 10.2 Å². The molecule has 1 atom stereocenters. The van der Waals surface area contributed by atoms with Crippen LogP contribution in [-0.4, -0.2) is 37.2 Å². The summed E-state index contributed by atoms with van der Waals surface area (Å²) in [7, 11) is 0. The number of ether oxygens (including phenoxy) is 1. The van der Waals surface area contributed by atoms with Crippen molar-refractivity contribution < 1.29 is 4.74 Å². The number of hydrogen-bond acceptors (Lipinski definition) is 3. The Balaban J connectivity index is 0.00000242. The Labute approximate surface area is 161 Å². The minimum Gasteiger partial charge on any atom is -0.492 e. The van der Waals surface area contributed by atoms with E-state index in [0.717, 1.165) is 30.9 Å². The van der Waals surface area contributed by atoms with Gasteiger partial charge in [-0.05, 0) is 45.0 Å². The summed E-state index contributed by atoms with van der Waals surface area (Å²) in [4.78, 5) is 2.53. The molecule has 0 aliphatic carbocycles. The Kier molecular flexibility index (Phi) is 11.7. The fourth-order valence-electron chi connectivity index (χ4n) is 2.97. The topological polar surface area (TPSA) is 24.5 Å². The van der Waals surface area contributed by atoms with Gasteiger partial charge in [0.1, 0.15) is 5.75 Å². The van der Waals surface area contributed by atoms with Gasteiger partial charge in [-0.1, -0.05) is 30.1 Å². The number of likely N-dealkylation sites (tertiary alicyclic amines) is 1. The molecule has 1 aromatic carbocycles. The van der Waals surface area contributed by atoms with Crippen molar-refractivity contribution in [2.75, 3.05) is 26.2 Å². The Morgan fingerprint density at radius 1 is 1.26 bits per heavy atom. The SMILES string of the molecule is CCOc1c(Cl)cc(Cl)cc1CNCC1CCCN1CC.Cl.Cl. The van der Waals surface area contributed by atoms with Crippen LogP contribution < -0.4 is 10.1 Å². The predicted molar refractivity (Wildman–Crippen MR) is 104 cm³/mol. The highest BCUT2D eigenvalue weighted by molar-refractivity contribution is 6.35. The summed E-state index contributed by atoms with van der Waals surface area (Å²) in [5.74, 6) is 0.745. The maximum absolute atomic E-state index is 6.22. The van der Waals surface area contributed by atoms with Crippen molar-refractivity contribution in [2.45, 2.75) is 39.3 Å². The van der Waals surface area contributed by atoms with Crippen LogP contribution in [-0.2, 0) is 6.54 Å². The maximum Gasteiger partial charge on any atom is 0.142 e. The minimum atomic E-state index is 0. The molecule has 0 bridgehead atoms. The van der Waals surface area contributed by atoms with E-state index in [0.29, 0.717) is 22.7 Å². The molecule has 1 fully saturated rings. The molecule has 134 valence electrons. The molecule has 0 spiro atoms. The summed E-state index contributed by atoms with van der Waals surface area (Å²) in [5, 5.41) is 4.75. The number of halogens is 4. The van der Waals surface area contributed by atoms with Gasteiger partial charge in [0.15, 0.2) is 0 Å². The highest BCUT2D eigenvalue weighted by Gasteiger charge is 2.22. The molecule has 0 radical (unpaired) electrons. The van der Waals surface area contributed by atoms with Crippen LogP contribution in [0, 0.1) is 0 Å². The molecule has 3 nitrogen and oxygen atoms in total. The number of nitrogens with zero attached hydrogens (tertiary/aromatic N) is 1. The third-order valence-electron chi connectivity index (χ3n) is 3.97. The van der Waals surface area contributed by atoms with Crippen LogP contribution in [0.2, 0.25) is 10.0 Å². The highest BCUT2D eigenvalue weighted by atomic mass is 35.5. The van der Waals surface area contributed by atoms with E-state index in [1.807, 2.05) is 13.0 Å². The zero-order valence-corrected chi connectivity index (χ0v) is 16.8. The van der Waals surface area contributed by atoms with Crippen molar-refractivity contribution in [3.05, 3.63) is 27.7 Å². The van der Waals surface area contributed by atoms with Gasteiger partial charge in [-0.25, -0.2) is 0 Å². The van der Waals surface area contributed by atoms with Crippen LogP contribution in [0.3, 0.4) is 0 Å². The molecule has 0 amide bonds. The van der Waals surface area contributed by atoms with Crippen molar-refractivity contribution in [3.8, 4) is 5.75 Å². The molecular weight excluding hydrogens is 378 g/mol. The smallest absolute Gasteiger partial charge is 0.142 e. The van der Waals surface area contributed by atoms with Gasteiger partial charge in [-0.2, -0.15) is 0 Å². The number of nitrogens with one attached hydrogen (secondary N) is 1. The van der Waals surface area contributed by atoms with Crippen LogP contribution in [0.15, 0.2) is 12.1 Å². The summed E-state index contributed by atoms with van der Waals surface area (Å²) < 4.78 is 5.65. The molecule has 0 saturated carbocycles. The van der Waals surface area contributed by atoms with E-state index in [1.54, 1.807) is 6.07 Å². The molecule has 1 aliphatic heterocycles. The van der Waals surface area contributed by atoms with Gasteiger partial charge in [0.05, 0.1) is 11.6 Å². The number of hydrogen-bond donors (Lipinski definition) is 1. The van der Waals surface area contributed by atoms with E-state index < -0.39 is 0 Å². The second kappa shape index (κ2) is 11.6. The first-order valence-electron chi connectivity index (χ1n) is 7.71. The van der Waals surface area contributed by atoms with E-state index >= 15 is 0 Å². The summed E-state index contributed by atoms with van der Waals surface area (Å²) >= 11 is 12.3. The lowest BCUT2D eigenvalue weighted by Gasteiger charge is -2.23. The third-order valence-corrected chi connectivity index (χ3v) is 4.47. The lowest BCUT2D eigenvalue weighted by atomic mass is 10.1. The van der Waals surface area contributed by atoms with Crippen LogP contribution in [0.4, 0.5) is 0 Å². The fraction of sp³-hybridized carbons (Fsp3) is 0.625. The second-order valence-corrected chi connectivity index (χ2v) is 6.21. The number of likely N-dealkylation sites (N-methyl/N-ethyl adjacent to an activating group) is 1. The Hall–Kier alpha value is 0.1000. The van der Waals surface area contributed by atoms with Gasteiger partial charge in [-0.15, -0.1) is 24.8 Å². The van der Waals surface area contributed by atoms with E-state index in [-0.39, 0.29) is 24.8 Å². The van der Waals surface area contributed by atoms with E-state index in [9.17, 15) is 0 Å². The molecule has 1 N–H and O–H groups in total. The van der Waals surface area contributed by atoms with Gasteiger partial charge >= 0.3 is 0 Å². The monoisotopic (exact) mass is 402 g/mol. The van der Waals surface area contributed by atoms with Gasteiger partial charge in [0, 0.05) is 29.7 Å². The first kappa shape index (κ1) is 23.1. The van der Waals surface area contributed by atoms with E-state index in [2.05, 4.69) is 17.1 Å². The molecule has 1 saturated heterocycles. The molecule has 1 unspecified atom stereocenters. The van der Waals surface area contributed by atoms with Crippen molar-refractivity contribution >= 4 is 48.0 Å². The molecule has 0 aromatic heterocycles. The summed E-state index contributed by atoms with van der Waals surface area (Å²) in [6, 6.07) is 4.30. The molecule has 1 aliphatic rings. The van der Waals surface area contributed by atoms with Gasteiger partial charge in [0.25, 0.3) is 0 Å². The van der Waals surface area contributed by atoms with E-state index in [4.69, 9.17) is 27.9 Å². The minimum absolute atomic E-state index is 0. The van der Waals surface area contributed by atoms with Crippen LogP contribution in [0.5, 0.6) is 5.75 Å². The van der Waals surface area contributed by atoms with Gasteiger partial charge < -0.3 is 10.1 Å². The molecule has 1 aromatic rings. The largest absolute Gasteiger partial charge is 0.492 e. The highest BCUT2D eigenvalue weighted by Crippen LogP contribution is 2.32. The Bertz CT molecular complexity index is 474. The average molecular weight is 404 g/mol. The second-order valence-electron chi connectivity index (χ2n) is 5.36. The zero-order chi connectivity index (χ0) is 15.2. The lowest BCUT2D eigenvalue weighted by molar-refractivity contribution is 0.259. The summed E-state index contributed by atoms with van der Waals surface area (Å²) in [5.41, 5.74) is 1.02. The van der Waals surface area contributed by atoms with Crippen LogP contribution in [0.1, 0.15) is 32.3 Å². The maximum atomic E-state index is 6.22. The molecule has 23 heavy (non-hydrogen) atoms. The van der Waals surface area contributed by atoms with E-state index in [1.165, 1.54) is 19.4 Å². The lowest BCUT2D eigenvalue weighted by Crippen LogP contribution is -2.37. The fourth-order valence-corrected chi connectivity index (χ4v) is 3.56. The molecular formula is C16H26Cl4N2O. The first-order valence-corrected chi connectivity index (χ1v) is 8.46. The van der Waals surface area contributed by atoms with Crippen LogP contribution in [0.25, 0.3) is 0 Å². The summed E-state index contributed by atoms with van der Waals surface area (Å²) in [6.07, 6.45) is 2.57. The Morgan fingerprint density at radius 3 is 2.65 bits per heavy atom. The van der Waals surface area contributed by atoms with Crippen molar-refractivity contribution in [1.29, 1.82) is 0 Å². The van der Waals surface area contributed by atoms with Crippen molar-refractivity contribution in [3.63, 3.8) is 0 Å². The molecule has 2 rings (SSSR count). The van der Waals surface area contributed by atoms with Crippen molar-refractivity contribution in [2.24, 2.45) is 0 Å². The van der Waals surface area contributed by atoms with Gasteiger partial charge in [-0.3, -0.25) is 4.90 Å². The number of benzene rings is 1. The van der Waals surface area contributed by atoms with Crippen LogP contribution >= 0.6 is 48.0 Å². The standard InChI is InChI=1S/C16H24Cl2N2O.2ClH/c1-3-20-7-5-6-14(20)11-19-10-12-8-13(17)9-15(18)16(12)21-4-2;;/h8-9,14,19H,3-7,10-11H2,1-2H3;2*1H. The quantitative estimate of drug-likeness (QED) is 0.706. The zero-order valence-electron chi connectivity index (χ0n) is 13.6. The Morgan fingerprint density at radius 2 is 2.00 bits per heavy atom. The normalized spacial score (nSPS) is 17.5. The average Bonchev–Trinajstić information content (AvgIpc) is 2.90. The number of rotatable bonds is 7. The predicted octanol–water partition coefficient (Wildman–Crippen LogP) is 4.81.